The van der Waals surface area contributed by atoms with Crippen molar-refractivity contribution in [2.75, 3.05) is 6.54 Å². The van der Waals surface area contributed by atoms with E-state index in [4.69, 9.17) is 0 Å². The van der Waals surface area contributed by atoms with E-state index in [2.05, 4.69) is 63.1 Å². The molecular formula is C31H38BrN3O2. The van der Waals surface area contributed by atoms with Gasteiger partial charge in [-0.1, -0.05) is 65.0 Å². The van der Waals surface area contributed by atoms with Crippen molar-refractivity contribution in [3.63, 3.8) is 0 Å². The number of carbonyl (C=O) groups excluding carboxylic acids is 2. The maximum absolute atomic E-state index is 13.9. The second kappa shape index (κ2) is 12.6. The van der Waals surface area contributed by atoms with Crippen LogP contribution in [0.5, 0.6) is 0 Å². The van der Waals surface area contributed by atoms with Gasteiger partial charge in [0.05, 0.1) is 6.54 Å². The summed E-state index contributed by atoms with van der Waals surface area (Å²) in [6, 6.07) is 20.3. The molecular weight excluding hydrogens is 526 g/mol. The van der Waals surface area contributed by atoms with Crippen molar-refractivity contribution in [3.8, 4) is 0 Å². The minimum absolute atomic E-state index is 0.0254. The molecule has 0 bridgehead atoms. The standard InChI is InChI=1S/C31H38BrN3O2/c1-23(2)34(31(37)26-15-11-24(3)12-16-26)22-30(36)35(28-8-5-4-6-9-28)21-29-10-7-19-33(29)20-25-13-17-27(32)18-14-25/h7,10-19,23,28H,4-6,8-9,20-22H2,1-3H3. The lowest BCUT2D eigenvalue weighted by Crippen LogP contribution is -2.49. The monoisotopic (exact) mass is 563 g/mol. The van der Waals surface area contributed by atoms with Gasteiger partial charge in [-0.05, 0) is 75.6 Å². The van der Waals surface area contributed by atoms with Crippen LogP contribution in [0, 0.1) is 6.92 Å². The number of amides is 2. The average molecular weight is 565 g/mol. The summed E-state index contributed by atoms with van der Waals surface area (Å²) in [5, 5.41) is 0. The van der Waals surface area contributed by atoms with Crippen LogP contribution in [-0.4, -0.2) is 44.8 Å². The first-order chi connectivity index (χ1) is 17.8. The molecule has 2 amide bonds. The maximum Gasteiger partial charge on any atom is 0.254 e. The number of aryl methyl sites for hydroxylation is 1. The topological polar surface area (TPSA) is 45.6 Å². The zero-order valence-electron chi connectivity index (χ0n) is 22.2. The molecule has 1 heterocycles. The molecule has 0 radical (unpaired) electrons. The van der Waals surface area contributed by atoms with E-state index in [1.54, 1.807) is 4.90 Å². The number of aromatic nitrogens is 1. The molecule has 0 spiro atoms. The second-order valence-corrected chi connectivity index (χ2v) is 11.4. The number of hydrogen-bond donors (Lipinski definition) is 0. The zero-order chi connectivity index (χ0) is 26.4. The van der Waals surface area contributed by atoms with Gasteiger partial charge in [0, 0.05) is 40.6 Å². The van der Waals surface area contributed by atoms with E-state index >= 15 is 0 Å². The van der Waals surface area contributed by atoms with E-state index in [-0.39, 0.29) is 30.4 Å². The third-order valence-corrected chi connectivity index (χ3v) is 7.87. The predicted molar refractivity (Wildman–Crippen MR) is 152 cm³/mol. The Balaban J connectivity index is 1.54. The lowest BCUT2D eigenvalue weighted by molar-refractivity contribution is -0.136. The largest absolute Gasteiger partial charge is 0.345 e. The highest BCUT2D eigenvalue weighted by molar-refractivity contribution is 9.10. The molecule has 0 N–H and O–H groups in total. The number of carbonyl (C=O) groups is 2. The molecule has 0 unspecified atom stereocenters. The van der Waals surface area contributed by atoms with Crippen molar-refractivity contribution in [3.05, 3.63) is 93.7 Å². The molecule has 1 aliphatic rings. The number of hydrogen-bond acceptors (Lipinski definition) is 2. The summed E-state index contributed by atoms with van der Waals surface area (Å²) in [5.41, 5.74) is 4.06. The number of nitrogens with zero attached hydrogens (tertiary/aromatic N) is 3. The highest BCUT2D eigenvalue weighted by Crippen LogP contribution is 2.25. The Morgan fingerprint density at radius 2 is 1.65 bits per heavy atom. The molecule has 1 aliphatic carbocycles. The first-order valence-electron chi connectivity index (χ1n) is 13.4. The molecule has 3 aromatic rings. The van der Waals surface area contributed by atoms with Crippen molar-refractivity contribution in [2.45, 2.75) is 78.0 Å². The van der Waals surface area contributed by atoms with Crippen LogP contribution < -0.4 is 0 Å². The summed E-state index contributed by atoms with van der Waals surface area (Å²) in [6.45, 7) is 7.37. The van der Waals surface area contributed by atoms with Crippen LogP contribution in [0.3, 0.4) is 0 Å². The van der Waals surface area contributed by atoms with Crippen molar-refractivity contribution >= 4 is 27.7 Å². The summed E-state index contributed by atoms with van der Waals surface area (Å²) in [5.74, 6) is -0.0667. The first-order valence-corrected chi connectivity index (χ1v) is 14.2. The summed E-state index contributed by atoms with van der Waals surface area (Å²) >= 11 is 3.51. The van der Waals surface area contributed by atoms with Crippen molar-refractivity contribution in [2.24, 2.45) is 0 Å². The van der Waals surface area contributed by atoms with Gasteiger partial charge in [0.25, 0.3) is 5.91 Å². The molecule has 4 rings (SSSR count). The molecule has 0 atom stereocenters. The molecule has 196 valence electrons. The Morgan fingerprint density at radius 3 is 2.30 bits per heavy atom. The fourth-order valence-electron chi connectivity index (χ4n) is 5.11. The Labute approximate surface area is 229 Å². The van der Waals surface area contributed by atoms with Crippen LogP contribution in [0.4, 0.5) is 0 Å². The van der Waals surface area contributed by atoms with Gasteiger partial charge in [-0.3, -0.25) is 9.59 Å². The van der Waals surface area contributed by atoms with Gasteiger partial charge >= 0.3 is 0 Å². The van der Waals surface area contributed by atoms with Gasteiger partial charge in [0.15, 0.2) is 0 Å². The van der Waals surface area contributed by atoms with Gasteiger partial charge in [0.1, 0.15) is 6.54 Å². The van der Waals surface area contributed by atoms with E-state index in [0.717, 1.165) is 48.0 Å². The number of halogens is 1. The Bertz CT molecular complexity index is 1180. The van der Waals surface area contributed by atoms with Crippen molar-refractivity contribution in [1.29, 1.82) is 0 Å². The summed E-state index contributed by atoms with van der Waals surface area (Å²) in [4.78, 5) is 31.0. The summed E-state index contributed by atoms with van der Waals surface area (Å²) in [6.07, 6.45) is 7.64. The lowest BCUT2D eigenvalue weighted by Gasteiger charge is -2.37. The first kappa shape index (κ1) is 27.2. The molecule has 0 aliphatic heterocycles. The maximum atomic E-state index is 13.9. The van der Waals surface area contributed by atoms with Crippen molar-refractivity contribution in [1.82, 2.24) is 14.4 Å². The predicted octanol–water partition coefficient (Wildman–Crippen LogP) is 6.82. The SMILES string of the molecule is Cc1ccc(C(=O)N(CC(=O)N(Cc2cccn2Cc2ccc(Br)cc2)C2CCCCC2)C(C)C)cc1. The van der Waals surface area contributed by atoms with Gasteiger partial charge in [0.2, 0.25) is 5.91 Å². The second-order valence-electron chi connectivity index (χ2n) is 10.5. The van der Waals surface area contributed by atoms with Crippen LogP contribution in [0.2, 0.25) is 0 Å². The van der Waals surface area contributed by atoms with Crippen LogP contribution in [-0.2, 0) is 17.9 Å². The van der Waals surface area contributed by atoms with E-state index in [0.29, 0.717) is 12.1 Å². The highest BCUT2D eigenvalue weighted by atomic mass is 79.9. The molecule has 0 saturated heterocycles. The van der Waals surface area contributed by atoms with E-state index < -0.39 is 0 Å². The van der Waals surface area contributed by atoms with E-state index in [1.165, 1.54) is 12.0 Å². The molecule has 1 saturated carbocycles. The molecule has 5 nitrogen and oxygen atoms in total. The Morgan fingerprint density at radius 1 is 0.973 bits per heavy atom. The fourth-order valence-corrected chi connectivity index (χ4v) is 5.37. The van der Waals surface area contributed by atoms with Gasteiger partial charge in [-0.2, -0.15) is 0 Å². The Hall–Kier alpha value is -2.86. The number of benzene rings is 2. The lowest BCUT2D eigenvalue weighted by atomic mass is 9.94. The van der Waals surface area contributed by atoms with Gasteiger partial charge in [-0.25, -0.2) is 0 Å². The van der Waals surface area contributed by atoms with Crippen LogP contribution >= 0.6 is 15.9 Å². The van der Waals surface area contributed by atoms with Crippen LogP contribution in [0.1, 0.15) is 73.1 Å². The fraction of sp³-hybridized carbons (Fsp3) is 0.419. The molecule has 1 fully saturated rings. The van der Waals surface area contributed by atoms with Crippen molar-refractivity contribution < 1.29 is 9.59 Å². The van der Waals surface area contributed by atoms with E-state index in [9.17, 15) is 9.59 Å². The molecule has 2 aromatic carbocycles. The third-order valence-electron chi connectivity index (χ3n) is 7.35. The minimum atomic E-state index is -0.0921. The van der Waals surface area contributed by atoms with Crippen LogP contribution in [0.15, 0.2) is 71.3 Å². The summed E-state index contributed by atoms with van der Waals surface area (Å²) < 4.78 is 3.29. The molecule has 6 heteroatoms. The Kier molecular flexibility index (Phi) is 9.25. The van der Waals surface area contributed by atoms with Gasteiger partial charge in [-0.15, -0.1) is 0 Å². The normalized spacial score (nSPS) is 14.1. The molecule has 37 heavy (non-hydrogen) atoms. The minimum Gasteiger partial charge on any atom is -0.345 e. The average Bonchev–Trinajstić information content (AvgIpc) is 3.34. The smallest absolute Gasteiger partial charge is 0.254 e. The highest BCUT2D eigenvalue weighted by Gasteiger charge is 2.30. The van der Waals surface area contributed by atoms with E-state index in [1.807, 2.05) is 49.9 Å². The third kappa shape index (κ3) is 7.13. The molecule has 1 aromatic heterocycles. The zero-order valence-corrected chi connectivity index (χ0v) is 23.8. The van der Waals surface area contributed by atoms with Crippen LogP contribution in [0.25, 0.3) is 0 Å². The number of rotatable bonds is 9. The quantitative estimate of drug-likeness (QED) is 0.286. The van der Waals surface area contributed by atoms with Gasteiger partial charge < -0.3 is 14.4 Å². The summed E-state index contributed by atoms with van der Waals surface area (Å²) in [7, 11) is 0.